The molecule has 9 heteroatoms. The molecule has 2 amide bonds. The lowest BCUT2D eigenvalue weighted by atomic mass is 10.1. The lowest BCUT2D eigenvalue weighted by Crippen LogP contribution is -2.37. The van der Waals surface area contributed by atoms with Crippen molar-refractivity contribution in [2.45, 2.75) is 19.3 Å². The highest BCUT2D eigenvalue weighted by atomic mass is 32.1. The van der Waals surface area contributed by atoms with E-state index in [1.807, 2.05) is 0 Å². The van der Waals surface area contributed by atoms with Crippen molar-refractivity contribution in [3.63, 3.8) is 0 Å². The second kappa shape index (κ2) is 9.24. The number of likely N-dealkylation sites (tertiary alicyclic amines) is 1. The number of nitro benzene ring substituents is 1. The van der Waals surface area contributed by atoms with Crippen LogP contribution in [0.5, 0.6) is 0 Å². The Bertz CT molecular complexity index is 957. The van der Waals surface area contributed by atoms with Gasteiger partial charge in [0.25, 0.3) is 17.5 Å². The number of hydrogen-bond donors (Lipinski definition) is 2. The highest BCUT2D eigenvalue weighted by Gasteiger charge is 2.22. The van der Waals surface area contributed by atoms with Gasteiger partial charge in [0.1, 0.15) is 5.56 Å². The lowest BCUT2D eigenvalue weighted by Gasteiger charge is -2.27. The zero-order valence-electron chi connectivity index (χ0n) is 15.6. The number of benzene rings is 2. The Labute approximate surface area is 173 Å². The van der Waals surface area contributed by atoms with Crippen LogP contribution in [0.1, 0.15) is 40.0 Å². The molecule has 0 spiro atoms. The van der Waals surface area contributed by atoms with Gasteiger partial charge in [-0.05, 0) is 49.7 Å². The van der Waals surface area contributed by atoms with Gasteiger partial charge in [-0.2, -0.15) is 0 Å². The van der Waals surface area contributed by atoms with Gasteiger partial charge < -0.3 is 10.2 Å². The summed E-state index contributed by atoms with van der Waals surface area (Å²) in [6.07, 6.45) is 3.07. The summed E-state index contributed by atoms with van der Waals surface area (Å²) in [5.74, 6) is -0.796. The average Bonchev–Trinajstić information content (AvgIpc) is 2.74. The molecule has 1 aliphatic rings. The first-order valence-corrected chi connectivity index (χ1v) is 9.62. The van der Waals surface area contributed by atoms with E-state index >= 15 is 0 Å². The Balaban J connectivity index is 1.72. The summed E-state index contributed by atoms with van der Waals surface area (Å²) in [6, 6.07) is 12.5. The van der Waals surface area contributed by atoms with Crippen LogP contribution in [-0.4, -0.2) is 39.8 Å². The molecule has 0 radical (unpaired) electrons. The molecule has 0 saturated carbocycles. The van der Waals surface area contributed by atoms with Crippen molar-refractivity contribution in [1.82, 2.24) is 10.2 Å². The molecule has 2 N–H and O–H groups in total. The second-order valence-electron chi connectivity index (χ2n) is 6.58. The standard InChI is InChI=1S/C20H20N4O4S/c25-18(15-9-3-5-11-17(15)24(27)28)22-20(29)21-16-10-4-2-8-14(16)19(26)23-12-6-1-7-13-23/h2-5,8-11H,1,6-7,12-13H2,(H2,21,22,25,29). The van der Waals surface area contributed by atoms with Gasteiger partial charge in [0.2, 0.25) is 0 Å². The smallest absolute Gasteiger partial charge is 0.282 e. The van der Waals surface area contributed by atoms with E-state index in [-0.39, 0.29) is 22.3 Å². The Hall–Kier alpha value is -3.33. The SMILES string of the molecule is O=C(NC(=S)Nc1ccccc1C(=O)N1CCCCC1)c1ccccc1[N+](=O)[O-]. The number of carbonyl (C=O) groups is 2. The van der Waals surface area contributed by atoms with E-state index in [1.54, 1.807) is 29.2 Å². The van der Waals surface area contributed by atoms with Crippen molar-refractivity contribution >= 4 is 40.5 Å². The summed E-state index contributed by atoms with van der Waals surface area (Å²) in [7, 11) is 0. The summed E-state index contributed by atoms with van der Waals surface area (Å²) in [6.45, 7) is 1.43. The van der Waals surface area contributed by atoms with Gasteiger partial charge >= 0.3 is 0 Å². The van der Waals surface area contributed by atoms with Crippen LogP contribution >= 0.6 is 12.2 Å². The first kappa shape index (κ1) is 20.4. The molecule has 1 aliphatic heterocycles. The first-order valence-electron chi connectivity index (χ1n) is 9.21. The van der Waals surface area contributed by atoms with E-state index in [0.717, 1.165) is 19.3 Å². The molecule has 29 heavy (non-hydrogen) atoms. The predicted molar refractivity (Wildman–Crippen MR) is 113 cm³/mol. The molecule has 0 bridgehead atoms. The predicted octanol–water partition coefficient (Wildman–Crippen LogP) is 3.35. The lowest BCUT2D eigenvalue weighted by molar-refractivity contribution is -0.385. The van der Waals surface area contributed by atoms with Crippen LogP contribution in [-0.2, 0) is 0 Å². The Morgan fingerprint density at radius 3 is 2.28 bits per heavy atom. The number of piperidine rings is 1. The largest absolute Gasteiger partial charge is 0.339 e. The van der Waals surface area contributed by atoms with Gasteiger partial charge in [-0.25, -0.2) is 0 Å². The van der Waals surface area contributed by atoms with Crippen molar-refractivity contribution in [2.75, 3.05) is 18.4 Å². The number of amides is 2. The molecule has 2 aromatic rings. The van der Waals surface area contributed by atoms with E-state index < -0.39 is 10.8 Å². The quantitative estimate of drug-likeness (QED) is 0.453. The third kappa shape index (κ3) is 4.94. The van der Waals surface area contributed by atoms with Crippen molar-refractivity contribution in [3.05, 3.63) is 69.8 Å². The number of carbonyl (C=O) groups excluding carboxylic acids is 2. The number of nitrogens with zero attached hydrogens (tertiary/aromatic N) is 2. The van der Waals surface area contributed by atoms with Crippen molar-refractivity contribution < 1.29 is 14.5 Å². The van der Waals surface area contributed by atoms with Crippen LogP contribution in [0.3, 0.4) is 0 Å². The van der Waals surface area contributed by atoms with E-state index in [0.29, 0.717) is 24.3 Å². The van der Waals surface area contributed by atoms with E-state index in [9.17, 15) is 19.7 Å². The zero-order valence-corrected chi connectivity index (χ0v) is 16.4. The molecule has 1 heterocycles. The van der Waals surface area contributed by atoms with Gasteiger partial charge in [-0.1, -0.05) is 24.3 Å². The molecule has 3 rings (SSSR count). The van der Waals surface area contributed by atoms with Gasteiger partial charge in [0, 0.05) is 19.2 Å². The zero-order chi connectivity index (χ0) is 20.8. The third-order valence-corrected chi connectivity index (χ3v) is 4.83. The molecule has 0 atom stereocenters. The minimum Gasteiger partial charge on any atom is -0.339 e. The molecule has 0 unspecified atom stereocenters. The molecule has 0 aromatic heterocycles. The molecule has 0 aliphatic carbocycles. The topological polar surface area (TPSA) is 105 Å². The molecule has 1 fully saturated rings. The number of thiocarbonyl (C=S) groups is 1. The van der Waals surface area contributed by atoms with Crippen LogP contribution in [0.25, 0.3) is 0 Å². The summed E-state index contributed by atoms with van der Waals surface area (Å²) in [5, 5.41) is 16.4. The summed E-state index contributed by atoms with van der Waals surface area (Å²) < 4.78 is 0. The number of rotatable bonds is 4. The molecule has 2 aromatic carbocycles. The number of para-hydroxylation sites is 2. The maximum Gasteiger partial charge on any atom is 0.282 e. The van der Waals surface area contributed by atoms with Crippen molar-refractivity contribution in [1.29, 1.82) is 0 Å². The van der Waals surface area contributed by atoms with Crippen LogP contribution in [0.4, 0.5) is 11.4 Å². The van der Waals surface area contributed by atoms with Gasteiger partial charge in [-0.15, -0.1) is 0 Å². The summed E-state index contributed by atoms with van der Waals surface area (Å²) in [5.41, 5.74) is 0.514. The second-order valence-corrected chi connectivity index (χ2v) is 6.99. The monoisotopic (exact) mass is 412 g/mol. The van der Waals surface area contributed by atoms with Crippen LogP contribution < -0.4 is 10.6 Å². The minimum absolute atomic E-state index is 0.0490. The molecular weight excluding hydrogens is 392 g/mol. The fourth-order valence-corrected chi connectivity index (χ4v) is 3.40. The molecular formula is C20H20N4O4S. The maximum absolute atomic E-state index is 12.8. The first-order chi connectivity index (χ1) is 14.0. The highest BCUT2D eigenvalue weighted by molar-refractivity contribution is 7.80. The van der Waals surface area contributed by atoms with E-state index in [4.69, 9.17) is 12.2 Å². The fourth-order valence-electron chi connectivity index (χ4n) is 3.19. The van der Waals surface area contributed by atoms with Gasteiger partial charge in [0.05, 0.1) is 16.2 Å². The summed E-state index contributed by atoms with van der Waals surface area (Å²) >= 11 is 5.19. The van der Waals surface area contributed by atoms with Gasteiger partial charge in [-0.3, -0.25) is 25.0 Å². The Morgan fingerprint density at radius 1 is 0.966 bits per heavy atom. The Morgan fingerprint density at radius 2 is 1.59 bits per heavy atom. The number of nitro groups is 1. The maximum atomic E-state index is 12.8. The normalized spacial score (nSPS) is 13.4. The molecule has 1 saturated heterocycles. The fraction of sp³-hybridized carbons (Fsp3) is 0.250. The van der Waals surface area contributed by atoms with Crippen molar-refractivity contribution in [3.8, 4) is 0 Å². The molecule has 150 valence electrons. The van der Waals surface area contributed by atoms with Crippen LogP contribution in [0.15, 0.2) is 48.5 Å². The number of hydrogen-bond acceptors (Lipinski definition) is 5. The van der Waals surface area contributed by atoms with Crippen LogP contribution in [0, 0.1) is 10.1 Å². The van der Waals surface area contributed by atoms with E-state index in [2.05, 4.69) is 10.6 Å². The Kier molecular flexibility index (Phi) is 6.50. The summed E-state index contributed by atoms with van der Waals surface area (Å²) in [4.78, 5) is 37.5. The third-order valence-electron chi connectivity index (χ3n) is 4.62. The van der Waals surface area contributed by atoms with Crippen LogP contribution in [0.2, 0.25) is 0 Å². The van der Waals surface area contributed by atoms with Gasteiger partial charge in [0.15, 0.2) is 5.11 Å². The highest BCUT2D eigenvalue weighted by Crippen LogP contribution is 2.21. The average molecular weight is 412 g/mol. The number of nitrogens with one attached hydrogen (secondary N) is 2. The molecule has 8 nitrogen and oxygen atoms in total. The minimum atomic E-state index is -0.699. The van der Waals surface area contributed by atoms with E-state index in [1.165, 1.54) is 24.3 Å². The van der Waals surface area contributed by atoms with Crippen molar-refractivity contribution in [2.24, 2.45) is 0 Å². The number of anilines is 1.